The van der Waals surface area contributed by atoms with E-state index in [4.69, 9.17) is 9.84 Å². The van der Waals surface area contributed by atoms with Gasteiger partial charge in [0, 0.05) is 16.6 Å². The Bertz CT molecular complexity index is 552. The van der Waals surface area contributed by atoms with Gasteiger partial charge in [-0.3, -0.25) is 0 Å². The molecule has 0 saturated heterocycles. The van der Waals surface area contributed by atoms with Crippen LogP contribution >= 0.6 is 11.3 Å². The topological polar surface area (TPSA) is 59.4 Å². The minimum absolute atomic E-state index is 0.222. The van der Waals surface area contributed by atoms with Crippen molar-refractivity contribution in [3.63, 3.8) is 0 Å². The third-order valence-electron chi connectivity index (χ3n) is 2.55. The SMILES string of the molecule is CCCc1cc(C(=O)O)cc(OCc2cccs2)n1. The van der Waals surface area contributed by atoms with Crippen molar-refractivity contribution in [2.45, 2.75) is 26.4 Å². The van der Waals surface area contributed by atoms with Crippen LogP contribution in [0.1, 0.15) is 34.3 Å². The summed E-state index contributed by atoms with van der Waals surface area (Å²) < 4.78 is 5.56. The Morgan fingerprint density at radius 1 is 1.47 bits per heavy atom. The van der Waals surface area contributed by atoms with Crippen molar-refractivity contribution < 1.29 is 14.6 Å². The molecule has 0 radical (unpaired) electrons. The molecule has 0 fully saturated rings. The standard InChI is InChI=1S/C14H15NO3S/c1-2-4-11-7-10(14(16)17)8-13(15-11)18-9-12-5-3-6-19-12/h3,5-8H,2,4,9H2,1H3,(H,16,17). The lowest BCUT2D eigenvalue weighted by Gasteiger charge is -2.07. The first-order valence-corrected chi connectivity index (χ1v) is 6.96. The third kappa shape index (κ3) is 3.79. The van der Waals surface area contributed by atoms with Crippen molar-refractivity contribution in [1.29, 1.82) is 0 Å². The van der Waals surface area contributed by atoms with Crippen LogP contribution < -0.4 is 4.74 Å². The predicted octanol–water partition coefficient (Wildman–Crippen LogP) is 3.37. The molecule has 0 amide bonds. The van der Waals surface area contributed by atoms with E-state index in [9.17, 15) is 4.79 Å². The van der Waals surface area contributed by atoms with Crippen LogP contribution in [0, 0.1) is 0 Å². The zero-order valence-electron chi connectivity index (χ0n) is 10.6. The fraction of sp³-hybridized carbons (Fsp3) is 0.286. The number of thiophene rings is 1. The van der Waals surface area contributed by atoms with Crippen LogP contribution in [-0.2, 0) is 13.0 Å². The Morgan fingerprint density at radius 2 is 2.32 bits per heavy atom. The lowest BCUT2D eigenvalue weighted by molar-refractivity contribution is 0.0696. The molecule has 100 valence electrons. The number of pyridine rings is 1. The zero-order chi connectivity index (χ0) is 13.7. The van der Waals surface area contributed by atoms with E-state index in [-0.39, 0.29) is 5.56 Å². The first-order valence-electron chi connectivity index (χ1n) is 6.08. The molecule has 0 aliphatic carbocycles. The second-order valence-corrected chi connectivity index (χ2v) is 5.14. The van der Waals surface area contributed by atoms with E-state index >= 15 is 0 Å². The fourth-order valence-corrected chi connectivity index (χ4v) is 2.30. The van der Waals surface area contributed by atoms with E-state index in [1.165, 1.54) is 6.07 Å². The van der Waals surface area contributed by atoms with Crippen LogP contribution in [0.15, 0.2) is 29.6 Å². The Labute approximate surface area is 115 Å². The maximum Gasteiger partial charge on any atom is 0.335 e. The van der Waals surface area contributed by atoms with Crippen LogP contribution in [0.3, 0.4) is 0 Å². The average Bonchev–Trinajstić information content (AvgIpc) is 2.89. The summed E-state index contributed by atoms with van der Waals surface area (Å²) in [6.07, 6.45) is 1.66. The third-order valence-corrected chi connectivity index (χ3v) is 3.40. The summed E-state index contributed by atoms with van der Waals surface area (Å²) >= 11 is 1.60. The molecule has 2 aromatic heterocycles. The van der Waals surface area contributed by atoms with Gasteiger partial charge in [-0.25, -0.2) is 9.78 Å². The number of ether oxygens (including phenoxy) is 1. The van der Waals surface area contributed by atoms with E-state index < -0.39 is 5.97 Å². The smallest absolute Gasteiger partial charge is 0.335 e. The Balaban J connectivity index is 2.16. The van der Waals surface area contributed by atoms with Crippen molar-refractivity contribution in [2.75, 3.05) is 0 Å². The van der Waals surface area contributed by atoms with E-state index in [1.54, 1.807) is 17.4 Å². The van der Waals surface area contributed by atoms with E-state index in [0.717, 1.165) is 23.4 Å². The molecule has 4 nitrogen and oxygen atoms in total. The number of carbonyl (C=O) groups is 1. The van der Waals surface area contributed by atoms with Gasteiger partial charge in [-0.05, 0) is 23.9 Å². The van der Waals surface area contributed by atoms with Gasteiger partial charge in [-0.15, -0.1) is 11.3 Å². The highest BCUT2D eigenvalue weighted by molar-refractivity contribution is 7.09. The number of aryl methyl sites for hydroxylation is 1. The van der Waals surface area contributed by atoms with Crippen LogP contribution in [0.5, 0.6) is 5.88 Å². The number of carboxylic acid groups (broad SMARTS) is 1. The minimum atomic E-state index is -0.958. The van der Waals surface area contributed by atoms with Crippen molar-refractivity contribution in [3.05, 3.63) is 45.8 Å². The molecule has 1 N–H and O–H groups in total. The van der Waals surface area contributed by atoms with Gasteiger partial charge < -0.3 is 9.84 Å². The molecule has 0 spiro atoms. The molecular formula is C14H15NO3S. The maximum absolute atomic E-state index is 11.1. The summed E-state index contributed by atoms with van der Waals surface area (Å²) in [6.45, 7) is 2.45. The van der Waals surface area contributed by atoms with Gasteiger partial charge in [-0.2, -0.15) is 0 Å². The van der Waals surface area contributed by atoms with E-state index in [2.05, 4.69) is 4.98 Å². The zero-order valence-corrected chi connectivity index (χ0v) is 11.4. The van der Waals surface area contributed by atoms with E-state index in [1.807, 2.05) is 24.4 Å². The normalized spacial score (nSPS) is 10.4. The van der Waals surface area contributed by atoms with Gasteiger partial charge in [0.25, 0.3) is 0 Å². The lowest BCUT2D eigenvalue weighted by atomic mass is 10.1. The lowest BCUT2D eigenvalue weighted by Crippen LogP contribution is -2.03. The summed E-state index contributed by atoms with van der Waals surface area (Å²) in [5.74, 6) is -0.586. The highest BCUT2D eigenvalue weighted by Gasteiger charge is 2.09. The molecule has 0 saturated carbocycles. The van der Waals surface area contributed by atoms with Gasteiger partial charge in [0.2, 0.25) is 5.88 Å². The van der Waals surface area contributed by atoms with Crippen molar-refractivity contribution in [3.8, 4) is 5.88 Å². The molecule has 5 heteroatoms. The number of hydrogen-bond donors (Lipinski definition) is 1. The van der Waals surface area contributed by atoms with Gasteiger partial charge >= 0.3 is 5.97 Å². The Hall–Kier alpha value is -1.88. The number of aromatic carboxylic acids is 1. The van der Waals surface area contributed by atoms with Crippen LogP contribution in [0.2, 0.25) is 0 Å². The largest absolute Gasteiger partial charge is 0.478 e. The first-order chi connectivity index (χ1) is 9.19. The molecule has 0 aliphatic heterocycles. The van der Waals surface area contributed by atoms with Gasteiger partial charge in [-0.1, -0.05) is 19.4 Å². The summed E-state index contributed by atoms with van der Waals surface area (Å²) in [6, 6.07) is 6.99. The Morgan fingerprint density at radius 3 is 2.95 bits per heavy atom. The van der Waals surface area contributed by atoms with Crippen molar-refractivity contribution in [1.82, 2.24) is 4.98 Å². The van der Waals surface area contributed by atoms with Crippen LogP contribution in [0.4, 0.5) is 0 Å². The quantitative estimate of drug-likeness (QED) is 0.879. The summed E-state index contributed by atoms with van der Waals surface area (Å²) in [4.78, 5) is 16.5. The maximum atomic E-state index is 11.1. The molecule has 19 heavy (non-hydrogen) atoms. The predicted molar refractivity (Wildman–Crippen MR) is 73.8 cm³/mol. The number of rotatable bonds is 6. The summed E-state index contributed by atoms with van der Waals surface area (Å²) in [5, 5.41) is 11.0. The summed E-state index contributed by atoms with van der Waals surface area (Å²) in [7, 11) is 0. The van der Waals surface area contributed by atoms with E-state index in [0.29, 0.717) is 12.5 Å². The monoisotopic (exact) mass is 277 g/mol. The van der Waals surface area contributed by atoms with Gasteiger partial charge in [0.15, 0.2) is 0 Å². The molecule has 2 aromatic rings. The highest BCUT2D eigenvalue weighted by Crippen LogP contribution is 2.17. The molecule has 0 aromatic carbocycles. The van der Waals surface area contributed by atoms with Crippen LogP contribution in [0.25, 0.3) is 0 Å². The van der Waals surface area contributed by atoms with Crippen molar-refractivity contribution >= 4 is 17.3 Å². The summed E-state index contributed by atoms with van der Waals surface area (Å²) in [5.41, 5.74) is 0.975. The molecule has 0 atom stereocenters. The van der Waals surface area contributed by atoms with Gasteiger partial charge in [0.1, 0.15) is 6.61 Å². The first kappa shape index (κ1) is 13.5. The second-order valence-electron chi connectivity index (χ2n) is 4.11. The number of carboxylic acids is 1. The second kappa shape index (κ2) is 6.33. The molecular weight excluding hydrogens is 262 g/mol. The minimum Gasteiger partial charge on any atom is -0.478 e. The van der Waals surface area contributed by atoms with Gasteiger partial charge in [0.05, 0.1) is 5.56 Å². The highest BCUT2D eigenvalue weighted by atomic mass is 32.1. The molecule has 2 rings (SSSR count). The van der Waals surface area contributed by atoms with Crippen LogP contribution in [-0.4, -0.2) is 16.1 Å². The molecule has 2 heterocycles. The molecule has 0 aliphatic rings. The van der Waals surface area contributed by atoms with Crippen molar-refractivity contribution in [2.24, 2.45) is 0 Å². The molecule has 0 unspecified atom stereocenters. The number of aromatic nitrogens is 1. The average molecular weight is 277 g/mol. The Kier molecular flexibility index (Phi) is 4.52. The molecule has 0 bridgehead atoms. The number of nitrogens with zero attached hydrogens (tertiary/aromatic N) is 1. The number of hydrogen-bond acceptors (Lipinski definition) is 4. The fourth-order valence-electron chi connectivity index (χ4n) is 1.68.